The minimum absolute atomic E-state index is 0.124. The van der Waals surface area contributed by atoms with Crippen LogP contribution in [0.1, 0.15) is 53.4 Å². The molecule has 1 unspecified atom stereocenters. The molecule has 1 heterocycles. The van der Waals surface area contributed by atoms with Crippen LogP contribution in [0.25, 0.3) is 0 Å². The van der Waals surface area contributed by atoms with Crippen molar-refractivity contribution in [1.29, 1.82) is 0 Å². The van der Waals surface area contributed by atoms with Crippen LogP contribution in [0.4, 0.5) is 8.78 Å². The van der Waals surface area contributed by atoms with E-state index in [-0.39, 0.29) is 10.8 Å². The van der Waals surface area contributed by atoms with E-state index in [2.05, 4.69) is 33.0 Å². The Morgan fingerprint density at radius 1 is 1.06 bits per heavy atom. The first-order valence-corrected chi connectivity index (χ1v) is 6.84. The smallest absolute Gasteiger partial charge is 0.264 e. The molecule has 2 nitrogen and oxygen atoms in total. The molecule has 1 aliphatic heterocycles. The van der Waals surface area contributed by atoms with Gasteiger partial charge in [-0.05, 0) is 36.5 Å². The lowest BCUT2D eigenvalue weighted by Crippen LogP contribution is -2.62. The first-order valence-electron chi connectivity index (χ1n) is 6.84. The molecule has 1 atom stereocenters. The van der Waals surface area contributed by atoms with Crippen molar-refractivity contribution < 1.29 is 13.5 Å². The van der Waals surface area contributed by atoms with Crippen molar-refractivity contribution in [3.8, 4) is 0 Å². The minimum Gasteiger partial charge on any atom is -0.351 e. The van der Waals surface area contributed by atoms with Crippen LogP contribution < -0.4 is 5.32 Å². The Hall–Kier alpha value is -0.220. The second kappa shape index (κ2) is 4.41. The second-order valence-corrected chi connectivity index (χ2v) is 7.56. The Kier molecular flexibility index (Phi) is 3.48. The van der Waals surface area contributed by atoms with Crippen molar-refractivity contribution in [3.63, 3.8) is 0 Å². The first kappa shape index (κ1) is 14.2. The summed E-state index contributed by atoms with van der Waals surface area (Å²) in [6, 6.07) is 0. The molecule has 2 rings (SSSR count). The van der Waals surface area contributed by atoms with Crippen LogP contribution in [0.15, 0.2) is 0 Å². The average molecular weight is 261 g/mol. The van der Waals surface area contributed by atoms with Crippen LogP contribution >= 0.6 is 0 Å². The highest BCUT2D eigenvalue weighted by Gasteiger charge is 2.51. The van der Waals surface area contributed by atoms with Crippen LogP contribution in [-0.4, -0.2) is 24.8 Å². The molecule has 1 saturated carbocycles. The predicted molar refractivity (Wildman–Crippen MR) is 67.6 cm³/mol. The Bertz CT molecular complexity index is 299. The van der Waals surface area contributed by atoms with Crippen LogP contribution in [0.5, 0.6) is 0 Å². The molecule has 0 aromatic carbocycles. The molecule has 4 heteroatoms. The number of hydrogen-bond acceptors (Lipinski definition) is 2. The standard InChI is InChI=1S/C14H25F2NO/c1-12(2)7-13(3,4)9-14(8-12)17-6-5-10(18-14)11(15)16/h10-11,17H,5-9H2,1-4H3. The Morgan fingerprint density at radius 2 is 1.61 bits per heavy atom. The van der Waals surface area contributed by atoms with Crippen molar-refractivity contribution in [2.24, 2.45) is 10.8 Å². The van der Waals surface area contributed by atoms with Gasteiger partial charge in [0.05, 0.1) is 0 Å². The summed E-state index contributed by atoms with van der Waals surface area (Å²) in [6.07, 6.45) is -0.154. The number of nitrogens with one attached hydrogen (secondary N) is 1. The Morgan fingerprint density at radius 3 is 2.11 bits per heavy atom. The fourth-order valence-electron chi connectivity index (χ4n) is 4.25. The molecule has 0 bridgehead atoms. The van der Waals surface area contributed by atoms with Gasteiger partial charge in [0, 0.05) is 6.54 Å². The van der Waals surface area contributed by atoms with Gasteiger partial charge in [0.15, 0.2) is 0 Å². The highest BCUT2D eigenvalue weighted by Crippen LogP contribution is 2.51. The molecule has 2 aliphatic rings. The molecule has 0 amide bonds. The van der Waals surface area contributed by atoms with Crippen molar-refractivity contribution in [2.75, 3.05) is 6.54 Å². The van der Waals surface area contributed by atoms with Gasteiger partial charge < -0.3 is 4.74 Å². The topological polar surface area (TPSA) is 21.3 Å². The largest absolute Gasteiger partial charge is 0.351 e. The molecule has 106 valence electrons. The van der Waals surface area contributed by atoms with Crippen molar-refractivity contribution >= 4 is 0 Å². The van der Waals surface area contributed by atoms with Crippen LogP contribution in [0.3, 0.4) is 0 Å². The Balaban J connectivity index is 2.19. The minimum atomic E-state index is -2.38. The maximum absolute atomic E-state index is 12.9. The number of hydrogen-bond donors (Lipinski definition) is 1. The van der Waals surface area contributed by atoms with E-state index in [4.69, 9.17) is 4.74 Å². The summed E-state index contributed by atoms with van der Waals surface area (Å²) in [5.74, 6) is 0. The van der Waals surface area contributed by atoms with Gasteiger partial charge in [-0.15, -0.1) is 0 Å². The van der Waals surface area contributed by atoms with Gasteiger partial charge in [-0.2, -0.15) is 0 Å². The number of halogens is 2. The van der Waals surface area contributed by atoms with Crippen LogP contribution in [0, 0.1) is 10.8 Å². The van der Waals surface area contributed by atoms with E-state index in [0.29, 0.717) is 13.0 Å². The summed E-state index contributed by atoms with van der Waals surface area (Å²) < 4.78 is 31.6. The lowest BCUT2D eigenvalue weighted by atomic mass is 9.62. The SMILES string of the molecule is CC1(C)CC(C)(C)CC2(C1)NCCC(C(F)F)O2. The molecule has 18 heavy (non-hydrogen) atoms. The fraction of sp³-hybridized carbons (Fsp3) is 1.00. The van der Waals surface area contributed by atoms with Crippen LogP contribution in [0.2, 0.25) is 0 Å². The Labute approximate surface area is 108 Å². The van der Waals surface area contributed by atoms with E-state index in [1.807, 2.05) is 0 Å². The lowest BCUT2D eigenvalue weighted by Gasteiger charge is -2.54. The van der Waals surface area contributed by atoms with E-state index in [1.54, 1.807) is 0 Å². The molecular weight excluding hydrogens is 236 g/mol. The summed E-state index contributed by atoms with van der Waals surface area (Å²) in [5.41, 5.74) is -0.303. The normalized spacial score (nSPS) is 33.8. The molecule has 2 fully saturated rings. The highest BCUT2D eigenvalue weighted by molar-refractivity contribution is 4.99. The number of rotatable bonds is 1. The third-order valence-electron chi connectivity index (χ3n) is 4.02. The zero-order valence-electron chi connectivity index (χ0n) is 11.9. The predicted octanol–water partition coefficient (Wildman–Crippen LogP) is 3.56. The third kappa shape index (κ3) is 3.02. The van der Waals surface area contributed by atoms with E-state index in [1.165, 1.54) is 0 Å². The van der Waals surface area contributed by atoms with Gasteiger partial charge in [-0.3, -0.25) is 5.32 Å². The maximum atomic E-state index is 12.9. The van der Waals surface area contributed by atoms with Gasteiger partial charge in [0.25, 0.3) is 6.43 Å². The fourth-order valence-corrected chi connectivity index (χ4v) is 4.25. The number of alkyl halides is 2. The van der Waals surface area contributed by atoms with Gasteiger partial charge in [0.2, 0.25) is 0 Å². The summed E-state index contributed by atoms with van der Waals surface area (Å²) >= 11 is 0. The molecule has 1 saturated heterocycles. The molecular formula is C14H25F2NO. The molecule has 0 aromatic heterocycles. The van der Waals surface area contributed by atoms with Gasteiger partial charge in [-0.1, -0.05) is 27.7 Å². The van der Waals surface area contributed by atoms with E-state index < -0.39 is 18.3 Å². The average Bonchev–Trinajstić information content (AvgIpc) is 2.11. The quantitative estimate of drug-likeness (QED) is 0.779. The third-order valence-corrected chi connectivity index (χ3v) is 4.02. The maximum Gasteiger partial charge on any atom is 0.264 e. The zero-order valence-corrected chi connectivity index (χ0v) is 11.9. The van der Waals surface area contributed by atoms with Gasteiger partial charge in [-0.25, -0.2) is 8.78 Å². The summed E-state index contributed by atoms with van der Waals surface area (Å²) in [6.45, 7) is 9.43. The van der Waals surface area contributed by atoms with Gasteiger partial charge >= 0.3 is 0 Å². The molecule has 0 radical (unpaired) electrons. The first-order chi connectivity index (χ1) is 8.13. The second-order valence-electron chi connectivity index (χ2n) is 7.56. The van der Waals surface area contributed by atoms with Crippen molar-refractivity contribution in [1.82, 2.24) is 5.32 Å². The summed E-state index contributed by atoms with van der Waals surface area (Å²) in [4.78, 5) is 0. The zero-order chi connectivity index (χ0) is 13.6. The molecule has 1 N–H and O–H groups in total. The van der Waals surface area contributed by atoms with Gasteiger partial charge in [0.1, 0.15) is 11.8 Å². The highest BCUT2D eigenvalue weighted by atomic mass is 19.3. The van der Waals surface area contributed by atoms with E-state index in [0.717, 1.165) is 19.3 Å². The molecule has 0 aromatic rings. The van der Waals surface area contributed by atoms with E-state index >= 15 is 0 Å². The van der Waals surface area contributed by atoms with E-state index in [9.17, 15) is 8.78 Å². The molecule has 1 spiro atoms. The van der Waals surface area contributed by atoms with Crippen LogP contribution in [-0.2, 0) is 4.74 Å². The number of ether oxygens (including phenoxy) is 1. The monoisotopic (exact) mass is 261 g/mol. The van der Waals surface area contributed by atoms with Crippen molar-refractivity contribution in [2.45, 2.75) is 71.6 Å². The lowest BCUT2D eigenvalue weighted by molar-refractivity contribution is -0.225. The molecule has 1 aliphatic carbocycles. The summed E-state index contributed by atoms with van der Waals surface area (Å²) in [7, 11) is 0. The summed E-state index contributed by atoms with van der Waals surface area (Å²) in [5, 5.41) is 3.38. The van der Waals surface area contributed by atoms with Crippen molar-refractivity contribution in [3.05, 3.63) is 0 Å².